The van der Waals surface area contributed by atoms with E-state index in [1.807, 2.05) is 30.3 Å². The Morgan fingerprint density at radius 3 is 2.00 bits per heavy atom. The van der Waals surface area contributed by atoms with Gasteiger partial charge in [-0.1, -0.05) is 62.7 Å². The minimum atomic E-state index is -3.86. The molecule has 218 valence electrons. The predicted molar refractivity (Wildman–Crippen MR) is 162 cm³/mol. The number of hydrogen-bond acceptors (Lipinski definition) is 7. The third-order valence-electron chi connectivity index (χ3n) is 6.23. The molecule has 8 nitrogen and oxygen atoms in total. The number of ketones is 1. The Labute approximate surface area is 250 Å². The summed E-state index contributed by atoms with van der Waals surface area (Å²) < 4.78 is 38.0. The van der Waals surface area contributed by atoms with E-state index in [9.17, 15) is 18.0 Å². The molecule has 0 aromatic heterocycles. The van der Waals surface area contributed by atoms with Gasteiger partial charge in [-0.3, -0.25) is 9.59 Å². The molecule has 4 aromatic rings. The molecular weight excluding hydrogens is 576 g/mol. The molecule has 3 N–H and O–H groups in total. The van der Waals surface area contributed by atoms with Crippen LogP contribution in [0.25, 0.3) is 0 Å². The molecule has 0 heterocycles. The number of sulfone groups is 1. The lowest BCUT2D eigenvalue weighted by Gasteiger charge is -2.25. The molecule has 1 atom stereocenters. The highest BCUT2D eigenvalue weighted by atomic mass is 35.5. The van der Waals surface area contributed by atoms with Crippen molar-refractivity contribution in [3.05, 3.63) is 108 Å². The van der Waals surface area contributed by atoms with Crippen LogP contribution < -0.4 is 20.5 Å². The lowest BCUT2D eigenvalue weighted by atomic mass is 9.87. The van der Waals surface area contributed by atoms with E-state index in [-0.39, 0.29) is 26.3 Å². The predicted octanol–water partition coefficient (Wildman–Crippen LogP) is 6.34. The zero-order valence-electron chi connectivity index (χ0n) is 23.3. The van der Waals surface area contributed by atoms with Crippen molar-refractivity contribution in [1.29, 1.82) is 0 Å². The molecule has 1 unspecified atom stereocenters. The van der Waals surface area contributed by atoms with Crippen molar-refractivity contribution in [1.82, 2.24) is 0 Å². The fourth-order valence-electron chi connectivity index (χ4n) is 3.88. The van der Waals surface area contributed by atoms with Crippen molar-refractivity contribution in [3.8, 4) is 11.5 Å². The van der Waals surface area contributed by atoms with Crippen LogP contribution in [-0.4, -0.2) is 26.2 Å². The van der Waals surface area contributed by atoms with E-state index in [1.54, 1.807) is 39.0 Å². The minimum Gasteiger partial charge on any atom is -0.489 e. The van der Waals surface area contributed by atoms with Gasteiger partial charge in [-0.05, 0) is 72.3 Å². The number of carbonyl (C=O) groups is 2. The molecule has 0 saturated heterocycles. The average molecular weight is 607 g/mol. The summed E-state index contributed by atoms with van der Waals surface area (Å²) in [7, 11) is -3.86. The van der Waals surface area contributed by atoms with E-state index >= 15 is 0 Å². The molecule has 0 aliphatic carbocycles. The fourth-order valence-corrected chi connectivity index (χ4v) is 5.31. The van der Waals surface area contributed by atoms with Crippen LogP contribution in [0.5, 0.6) is 11.5 Å². The number of halogens is 1. The average Bonchev–Trinajstić information content (AvgIpc) is 2.97. The van der Waals surface area contributed by atoms with E-state index in [0.29, 0.717) is 18.0 Å². The Hall–Kier alpha value is -4.34. The Kier molecular flexibility index (Phi) is 9.23. The van der Waals surface area contributed by atoms with Gasteiger partial charge in [0.2, 0.25) is 15.9 Å². The molecule has 42 heavy (non-hydrogen) atoms. The first-order chi connectivity index (χ1) is 19.8. The summed E-state index contributed by atoms with van der Waals surface area (Å²) in [5.41, 5.74) is 6.49. The van der Waals surface area contributed by atoms with Crippen LogP contribution in [0.15, 0.2) is 107 Å². The van der Waals surface area contributed by atoms with Gasteiger partial charge in [0.05, 0.1) is 20.5 Å². The van der Waals surface area contributed by atoms with Crippen molar-refractivity contribution in [3.63, 3.8) is 0 Å². The molecule has 0 aliphatic heterocycles. The lowest BCUT2D eigenvalue weighted by Crippen LogP contribution is -2.45. The standard InChI is InChI=1S/C32H31ClN2O6S/c1-32(2,3)30(36)29(31(37)35-28-19-22(34)9-18-27(28)33)41-24-12-16-26(17-13-24)42(38,39)25-14-10-23(11-15-25)40-20-21-7-5-4-6-8-21/h4-19,29H,20,34H2,1-3H3,(H,35,37). The second-order valence-corrected chi connectivity index (χ2v) is 12.9. The molecule has 4 rings (SSSR count). The van der Waals surface area contributed by atoms with E-state index in [4.69, 9.17) is 26.8 Å². The molecule has 0 spiro atoms. The summed E-state index contributed by atoms with van der Waals surface area (Å²) in [4.78, 5) is 26.4. The highest BCUT2D eigenvalue weighted by Gasteiger charge is 2.37. The summed E-state index contributed by atoms with van der Waals surface area (Å²) in [5, 5.41) is 2.84. The van der Waals surface area contributed by atoms with Gasteiger partial charge in [0.1, 0.15) is 18.1 Å². The maximum atomic E-state index is 13.2. The summed E-state index contributed by atoms with van der Waals surface area (Å²) in [6.45, 7) is 5.36. The van der Waals surface area contributed by atoms with Gasteiger partial charge in [0.25, 0.3) is 5.91 Å². The summed E-state index contributed by atoms with van der Waals surface area (Å²) in [6.07, 6.45) is -1.53. The number of nitrogen functional groups attached to an aromatic ring is 1. The Morgan fingerprint density at radius 2 is 1.43 bits per heavy atom. The van der Waals surface area contributed by atoms with Crippen LogP contribution >= 0.6 is 11.6 Å². The van der Waals surface area contributed by atoms with Gasteiger partial charge in [-0.15, -0.1) is 0 Å². The Bertz CT molecular complexity index is 1670. The molecule has 10 heteroatoms. The van der Waals surface area contributed by atoms with Crippen LogP contribution in [0, 0.1) is 5.41 Å². The van der Waals surface area contributed by atoms with Gasteiger partial charge < -0.3 is 20.5 Å². The van der Waals surface area contributed by atoms with Gasteiger partial charge in [0.15, 0.2) is 5.78 Å². The van der Waals surface area contributed by atoms with Crippen LogP contribution in [0.4, 0.5) is 11.4 Å². The first kappa shape index (κ1) is 30.6. The lowest BCUT2D eigenvalue weighted by molar-refractivity contribution is -0.140. The minimum absolute atomic E-state index is 0.0162. The van der Waals surface area contributed by atoms with Gasteiger partial charge in [-0.25, -0.2) is 8.42 Å². The first-order valence-corrected chi connectivity index (χ1v) is 14.9. The molecule has 0 bridgehead atoms. The van der Waals surface area contributed by atoms with Crippen molar-refractivity contribution in [2.45, 2.75) is 43.3 Å². The molecular formula is C32H31ClN2O6S. The van der Waals surface area contributed by atoms with Crippen LogP contribution in [0.1, 0.15) is 26.3 Å². The van der Waals surface area contributed by atoms with Crippen molar-refractivity contribution >= 4 is 44.5 Å². The van der Waals surface area contributed by atoms with Gasteiger partial charge in [-0.2, -0.15) is 0 Å². The van der Waals surface area contributed by atoms with Gasteiger partial charge >= 0.3 is 0 Å². The third-order valence-corrected chi connectivity index (χ3v) is 8.35. The topological polar surface area (TPSA) is 125 Å². The number of carbonyl (C=O) groups excluding carboxylic acids is 2. The van der Waals surface area contributed by atoms with Crippen molar-refractivity contribution in [2.24, 2.45) is 5.41 Å². The Morgan fingerprint density at radius 1 is 0.857 bits per heavy atom. The second-order valence-electron chi connectivity index (χ2n) is 10.6. The quantitative estimate of drug-likeness (QED) is 0.159. The van der Waals surface area contributed by atoms with Crippen LogP contribution in [0.3, 0.4) is 0 Å². The highest BCUT2D eigenvalue weighted by molar-refractivity contribution is 7.91. The summed E-state index contributed by atoms with van der Waals surface area (Å²) >= 11 is 6.18. The third kappa shape index (κ3) is 7.48. The SMILES string of the molecule is CC(C)(C)C(=O)C(Oc1ccc(S(=O)(=O)c2ccc(OCc3ccccc3)cc2)cc1)C(=O)Nc1cc(N)ccc1Cl. The number of benzene rings is 4. The molecule has 0 saturated carbocycles. The normalized spacial score (nSPS) is 12.3. The number of ether oxygens (including phenoxy) is 2. The first-order valence-electron chi connectivity index (χ1n) is 13.0. The van der Waals surface area contributed by atoms with E-state index < -0.39 is 33.0 Å². The van der Waals surface area contributed by atoms with Crippen molar-refractivity contribution in [2.75, 3.05) is 11.1 Å². The van der Waals surface area contributed by atoms with E-state index in [1.165, 1.54) is 48.5 Å². The van der Waals surface area contributed by atoms with E-state index in [0.717, 1.165) is 5.56 Å². The maximum Gasteiger partial charge on any atom is 0.273 e. The monoisotopic (exact) mass is 606 g/mol. The zero-order valence-corrected chi connectivity index (χ0v) is 24.9. The molecule has 0 aliphatic rings. The zero-order chi connectivity index (χ0) is 30.5. The maximum absolute atomic E-state index is 13.2. The van der Waals surface area contributed by atoms with Crippen molar-refractivity contribution < 1.29 is 27.5 Å². The van der Waals surface area contributed by atoms with Crippen LogP contribution in [0.2, 0.25) is 5.02 Å². The number of nitrogens with two attached hydrogens (primary N) is 1. The number of hydrogen-bond donors (Lipinski definition) is 2. The summed E-state index contributed by atoms with van der Waals surface area (Å²) in [6, 6.07) is 25.9. The fraction of sp³-hybridized carbons (Fsp3) is 0.188. The molecule has 4 aromatic carbocycles. The van der Waals surface area contributed by atoms with Crippen LogP contribution in [-0.2, 0) is 26.0 Å². The molecule has 1 amide bonds. The van der Waals surface area contributed by atoms with Gasteiger partial charge in [0, 0.05) is 11.1 Å². The molecule has 0 fully saturated rings. The summed E-state index contributed by atoms with van der Waals surface area (Å²) in [5.74, 6) is -0.552. The van der Waals surface area contributed by atoms with E-state index in [2.05, 4.69) is 5.32 Å². The molecule has 0 radical (unpaired) electrons. The number of Topliss-reactive ketones (excluding diaryl/α,β-unsaturated/α-hetero) is 1. The largest absolute Gasteiger partial charge is 0.489 e. The Balaban J connectivity index is 1.49. The number of anilines is 2. The highest BCUT2D eigenvalue weighted by Crippen LogP contribution is 2.28. The number of rotatable bonds is 10. The number of amides is 1. The smallest absolute Gasteiger partial charge is 0.273 e. The second kappa shape index (κ2) is 12.7. The number of nitrogens with one attached hydrogen (secondary N) is 1.